The third-order valence-electron chi connectivity index (χ3n) is 2.15. The van der Waals surface area contributed by atoms with Crippen molar-refractivity contribution in [3.8, 4) is 0 Å². The molecule has 1 heterocycles. The lowest BCUT2D eigenvalue weighted by Gasteiger charge is -2.16. The molecule has 1 aromatic rings. The van der Waals surface area contributed by atoms with Crippen LogP contribution in [0.15, 0.2) is 25.0 Å². The van der Waals surface area contributed by atoms with Crippen molar-refractivity contribution in [3.63, 3.8) is 0 Å². The lowest BCUT2D eigenvalue weighted by molar-refractivity contribution is 0.0690. The Morgan fingerprint density at radius 3 is 2.81 bits per heavy atom. The van der Waals surface area contributed by atoms with Gasteiger partial charge in [0.25, 0.3) is 0 Å². The molecule has 0 atom stereocenters. The highest BCUT2D eigenvalue weighted by molar-refractivity contribution is 5.84. The van der Waals surface area contributed by atoms with Gasteiger partial charge in [0.05, 0.1) is 12.4 Å². The van der Waals surface area contributed by atoms with Crippen LogP contribution in [0.5, 0.6) is 0 Å². The molecule has 0 aliphatic rings. The Hall–Kier alpha value is -1.91. The van der Waals surface area contributed by atoms with Crippen LogP contribution in [0.3, 0.4) is 0 Å². The molecule has 1 aromatic heterocycles. The van der Waals surface area contributed by atoms with Gasteiger partial charge < -0.3 is 10.0 Å². The van der Waals surface area contributed by atoms with E-state index in [9.17, 15) is 4.79 Å². The molecule has 1 N–H and O–H groups in total. The SMILES string of the molecule is C=CCCCN(C)c1cnc(C(=O)O)cn1. The minimum Gasteiger partial charge on any atom is -0.476 e. The van der Waals surface area contributed by atoms with E-state index in [4.69, 9.17) is 5.11 Å². The van der Waals surface area contributed by atoms with Gasteiger partial charge >= 0.3 is 5.97 Å². The lowest BCUT2D eigenvalue weighted by atomic mass is 10.3. The normalized spacial score (nSPS) is 9.81. The van der Waals surface area contributed by atoms with Crippen LogP contribution in [0.2, 0.25) is 0 Å². The quantitative estimate of drug-likeness (QED) is 0.583. The summed E-state index contributed by atoms with van der Waals surface area (Å²) in [6.45, 7) is 4.49. The zero-order chi connectivity index (χ0) is 12.0. The number of carbonyl (C=O) groups is 1. The summed E-state index contributed by atoms with van der Waals surface area (Å²) in [5.41, 5.74) is -0.0387. The molecule has 86 valence electrons. The van der Waals surface area contributed by atoms with E-state index in [1.807, 2.05) is 18.0 Å². The number of hydrogen-bond donors (Lipinski definition) is 1. The molecule has 0 aliphatic carbocycles. The van der Waals surface area contributed by atoms with Gasteiger partial charge in [-0.2, -0.15) is 0 Å². The lowest BCUT2D eigenvalue weighted by Crippen LogP contribution is -2.20. The summed E-state index contributed by atoms with van der Waals surface area (Å²) >= 11 is 0. The molecule has 5 heteroatoms. The van der Waals surface area contributed by atoms with Crippen LogP contribution in [0, 0.1) is 0 Å². The summed E-state index contributed by atoms with van der Waals surface area (Å²) in [5.74, 6) is -0.387. The van der Waals surface area contributed by atoms with Gasteiger partial charge in [-0.3, -0.25) is 0 Å². The van der Waals surface area contributed by atoms with Crippen molar-refractivity contribution >= 4 is 11.8 Å². The average Bonchev–Trinajstić information content (AvgIpc) is 2.29. The Kier molecular flexibility index (Phi) is 4.44. The fourth-order valence-electron chi connectivity index (χ4n) is 1.22. The Morgan fingerprint density at radius 1 is 1.56 bits per heavy atom. The number of aromatic carboxylic acids is 1. The molecule has 0 aliphatic heterocycles. The number of carboxylic acid groups (broad SMARTS) is 1. The van der Waals surface area contributed by atoms with Crippen LogP contribution in [-0.2, 0) is 0 Å². The molecule has 0 radical (unpaired) electrons. The highest BCUT2D eigenvalue weighted by atomic mass is 16.4. The van der Waals surface area contributed by atoms with E-state index in [0.717, 1.165) is 19.4 Å². The van der Waals surface area contributed by atoms with Crippen molar-refractivity contribution in [1.29, 1.82) is 0 Å². The number of aromatic nitrogens is 2. The van der Waals surface area contributed by atoms with Crippen LogP contribution in [0.4, 0.5) is 5.82 Å². The summed E-state index contributed by atoms with van der Waals surface area (Å²) < 4.78 is 0. The van der Waals surface area contributed by atoms with E-state index in [0.29, 0.717) is 5.82 Å². The summed E-state index contributed by atoms with van der Waals surface area (Å²) in [5, 5.41) is 8.66. The molecule has 0 bridgehead atoms. The van der Waals surface area contributed by atoms with Gasteiger partial charge in [0.15, 0.2) is 5.69 Å². The van der Waals surface area contributed by atoms with Gasteiger partial charge in [0, 0.05) is 13.6 Å². The third kappa shape index (κ3) is 3.34. The first-order valence-corrected chi connectivity index (χ1v) is 5.02. The monoisotopic (exact) mass is 221 g/mol. The predicted octanol–water partition coefficient (Wildman–Crippen LogP) is 1.58. The van der Waals surface area contributed by atoms with Crippen LogP contribution in [-0.4, -0.2) is 34.6 Å². The summed E-state index contributed by atoms with van der Waals surface area (Å²) in [4.78, 5) is 20.3. The fraction of sp³-hybridized carbons (Fsp3) is 0.364. The molecule has 5 nitrogen and oxygen atoms in total. The molecule has 0 amide bonds. The Bertz CT molecular complexity index is 362. The molecule has 16 heavy (non-hydrogen) atoms. The van der Waals surface area contributed by atoms with Gasteiger partial charge in [0.1, 0.15) is 5.82 Å². The summed E-state index contributed by atoms with van der Waals surface area (Å²) in [7, 11) is 1.90. The topological polar surface area (TPSA) is 66.3 Å². The highest BCUT2D eigenvalue weighted by Crippen LogP contribution is 2.07. The summed E-state index contributed by atoms with van der Waals surface area (Å²) in [6, 6.07) is 0. The first-order chi connectivity index (χ1) is 7.65. The van der Waals surface area contributed by atoms with E-state index in [1.54, 1.807) is 0 Å². The number of unbranched alkanes of at least 4 members (excludes halogenated alkanes) is 1. The maximum atomic E-state index is 10.6. The van der Waals surface area contributed by atoms with Gasteiger partial charge in [0.2, 0.25) is 0 Å². The molecule has 0 spiro atoms. The number of allylic oxidation sites excluding steroid dienone is 1. The first kappa shape index (κ1) is 12.2. The summed E-state index contributed by atoms with van der Waals surface area (Å²) in [6.07, 6.45) is 6.54. The van der Waals surface area contributed by atoms with E-state index in [-0.39, 0.29) is 5.69 Å². The molecule has 0 saturated carbocycles. The Morgan fingerprint density at radius 2 is 2.31 bits per heavy atom. The molecule has 0 fully saturated rings. The smallest absolute Gasteiger partial charge is 0.356 e. The van der Waals surface area contributed by atoms with Crippen LogP contribution in [0.1, 0.15) is 23.3 Å². The van der Waals surface area contributed by atoms with Crippen LogP contribution < -0.4 is 4.90 Å². The highest BCUT2D eigenvalue weighted by Gasteiger charge is 2.06. The molecule has 1 rings (SSSR count). The largest absolute Gasteiger partial charge is 0.476 e. The molecule has 0 unspecified atom stereocenters. The van der Waals surface area contributed by atoms with E-state index < -0.39 is 5.97 Å². The number of rotatable bonds is 6. The molecular weight excluding hydrogens is 206 g/mol. The van der Waals surface area contributed by atoms with E-state index >= 15 is 0 Å². The predicted molar refractivity (Wildman–Crippen MR) is 61.7 cm³/mol. The third-order valence-corrected chi connectivity index (χ3v) is 2.15. The van der Waals surface area contributed by atoms with E-state index in [1.165, 1.54) is 12.4 Å². The maximum Gasteiger partial charge on any atom is 0.356 e. The van der Waals surface area contributed by atoms with Crippen molar-refractivity contribution < 1.29 is 9.90 Å². The average molecular weight is 221 g/mol. The second-order valence-corrected chi connectivity index (χ2v) is 3.42. The van der Waals surface area contributed by atoms with Crippen LogP contribution in [0.25, 0.3) is 0 Å². The fourth-order valence-corrected chi connectivity index (χ4v) is 1.22. The zero-order valence-corrected chi connectivity index (χ0v) is 9.26. The number of anilines is 1. The molecule has 0 saturated heterocycles. The van der Waals surface area contributed by atoms with Crippen molar-refractivity contribution in [2.75, 3.05) is 18.5 Å². The number of carboxylic acids is 1. The van der Waals surface area contributed by atoms with Crippen molar-refractivity contribution in [1.82, 2.24) is 9.97 Å². The maximum absolute atomic E-state index is 10.6. The van der Waals surface area contributed by atoms with E-state index in [2.05, 4.69) is 16.5 Å². The van der Waals surface area contributed by atoms with Gasteiger partial charge in [-0.1, -0.05) is 6.08 Å². The van der Waals surface area contributed by atoms with Gasteiger partial charge in [-0.25, -0.2) is 14.8 Å². The van der Waals surface area contributed by atoms with Crippen molar-refractivity contribution in [3.05, 3.63) is 30.7 Å². The second kappa shape index (κ2) is 5.85. The Balaban J connectivity index is 2.59. The number of nitrogens with zero attached hydrogens (tertiary/aromatic N) is 3. The first-order valence-electron chi connectivity index (χ1n) is 5.02. The zero-order valence-electron chi connectivity index (χ0n) is 9.26. The standard InChI is InChI=1S/C11H15N3O2/c1-3-4-5-6-14(2)10-8-12-9(7-13-10)11(15)16/h3,7-8H,1,4-6H2,2H3,(H,15,16). The van der Waals surface area contributed by atoms with Crippen LogP contribution >= 0.6 is 0 Å². The van der Waals surface area contributed by atoms with Crippen molar-refractivity contribution in [2.24, 2.45) is 0 Å². The van der Waals surface area contributed by atoms with Gasteiger partial charge in [-0.15, -0.1) is 6.58 Å². The minimum atomic E-state index is -1.06. The van der Waals surface area contributed by atoms with Crippen molar-refractivity contribution in [2.45, 2.75) is 12.8 Å². The second-order valence-electron chi connectivity index (χ2n) is 3.42. The minimum absolute atomic E-state index is 0.0387. The van der Waals surface area contributed by atoms with Gasteiger partial charge in [-0.05, 0) is 12.8 Å². The Labute approximate surface area is 94.5 Å². The number of hydrogen-bond acceptors (Lipinski definition) is 4. The molecule has 0 aromatic carbocycles. The molecular formula is C11H15N3O2.